The minimum Gasteiger partial charge on any atom is -0.387 e. The molecule has 1 aromatic carbocycles. The number of rotatable bonds is 3. The number of aryl methyl sites for hydroxylation is 1. The monoisotopic (exact) mass is 245 g/mol. The van der Waals surface area contributed by atoms with Crippen molar-refractivity contribution in [3.63, 3.8) is 0 Å². The molecule has 0 saturated carbocycles. The fourth-order valence-corrected chi connectivity index (χ4v) is 2.37. The molecule has 0 radical (unpaired) electrons. The smallest absolute Gasteiger partial charge is 0.0931 e. The Bertz CT molecular complexity index is 494. The molecule has 17 heavy (non-hydrogen) atoms. The van der Waals surface area contributed by atoms with E-state index >= 15 is 0 Å². The minimum absolute atomic E-state index is 0.507. The first kappa shape index (κ1) is 12.1. The fourth-order valence-electron chi connectivity index (χ4n) is 1.50. The van der Waals surface area contributed by atoms with Crippen LogP contribution in [0.15, 0.2) is 52.4 Å². The number of aliphatic hydroxyl groups is 1. The Balaban J connectivity index is 2.17. The SMILES string of the molecule is Cc1ccccc1Sc1ccc([C@H](C)O)nc1. The zero-order chi connectivity index (χ0) is 12.3. The number of pyridine rings is 1. The Morgan fingerprint density at radius 2 is 1.94 bits per heavy atom. The van der Waals surface area contributed by atoms with Crippen LogP contribution in [-0.4, -0.2) is 10.1 Å². The third-order valence-corrected chi connectivity index (χ3v) is 3.66. The highest BCUT2D eigenvalue weighted by Gasteiger charge is 2.04. The highest BCUT2D eigenvalue weighted by atomic mass is 32.2. The molecule has 0 bridgehead atoms. The molecule has 1 atom stereocenters. The number of benzene rings is 1. The molecule has 2 nitrogen and oxygen atoms in total. The zero-order valence-corrected chi connectivity index (χ0v) is 10.7. The van der Waals surface area contributed by atoms with Crippen molar-refractivity contribution in [2.24, 2.45) is 0 Å². The van der Waals surface area contributed by atoms with Gasteiger partial charge in [0.1, 0.15) is 0 Å². The van der Waals surface area contributed by atoms with Gasteiger partial charge in [-0.15, -0.1) is 0 Å². The van der Waals surface area contributed by atoms with Crippen LogP contribution >= 0.6 is 11.8 Å². The highest BCUT2D eigenvalue weighted by Crippen LogP contribution is 2.29. The molecule has 0 saturated heterocycles. The van der Waals surface area contributed by atoms with Gasteiger partial charge in [0.15, 0.2) is 0 Å². The van der Waals surface area contributed by atoms with E-state index in [0.717, 1.165) is 4.90 Å². The quantitative estimate of drug-likeness (QED) is 0.897. The molecule has 88 valence electrons. The molecule has 0 aliphatic carbocycles. The van der Waals surface area contributed by atoms with Crippen molar-refractivity contribution in [1.29, 1.82) is 0 Å². The average Bonchev–Trinajstić information content (AvgIpc) is 2.33. The first-order valence-corrected chi connectivity index (χ1v) is 6.36. The van der Waals surface area contributed by atoms with Gasteiger partial charge in [0.2, 0.25) is 0 Å². The summed E-state index contributed by atoms with van der Waals surface area (Å²) in [5, 5.41) is 9.38. The topological polar surface area (TPSA) is 33.1 Å². The lowest BCUT2D eigenvalue weighted by molar-refractivity contribution is 0.194. The second-order valence-corrected chi connectivity index (χ2v) is 5.08. The summed E-state index contributed by atoms with van der Waals surface area (Å²) >= 11 is 1.69. The van der Waals surface area contributed by atoms with Gasteiger partial charge in [-0.2, -0.15) is 0 Å². The van der Waals surface area contributed by atoms with Crippen LogP contribution in [0.5, 0.6) is 0 Å². The molecule has 3 heteroatoms. The van der Waals surface area contributed by atoms with Crippen LogP contribution < -0.4 is 0 Å². The van der Waals surface area contributed by atoms with Crippen LogP contribution in [0.1, 0.15) is 24.3 Å². The molecule has 1 heterocycles. The lowest BCUT2D eigenvalue weighted by Crippen LogP contribution is -1.94. The summed E-state index contributed by atoms with van der Waals surface area (Å²) in [6, 6.07) is 12.1. The molecule has 0 aliphatic rings. The summed E-state index contributed by atoms with van der Waals surface area (Å²) in [5.74, 6) is 0. The van der Waals surface area contributed by atoms with Gasteiger partial charge < -0.3 is 5.11 Å². The van der Waals surface area contributed by atoms with Gasteiger partial charge in [0.05, 0.1) is 11.8 Å². The Labute approximate surface area is 106 Å². The summed E-state index contributed by atoms with van der Waals surface area (Å²) < 4.78 is 0. The van der Waals surface area contributed by atoms with Crippen LogP contribution in [0, 0.1) is 6.92 Å². The minimum atomic E-state index is -0.507. The molecule has 2 rings (SSSR count). The third kappa shape index (κ3) is 3.08. The summed E-state index contributed by atoms with van der Waals surface area (Å²) in [6.45, 7) is 3.82. The molecule has 0 amide bonds. The molecule has 0 spiro atoms. The predicted octanol–water partition coefficient (Wildman–Crippen LogP) is 3.59. The number of hydrogen-bond donors (Lipinski definition) is 1. The number of aromatic nitrogens is 1. The number of aliphatic hydroxyl groups excluding tert-OH is 1. The lowest BCUT2D eigenvalue weighted by atomic mass is 10.2. The van der Waals surface area contributed by atoms with Gasteiger partial charge >= 0.3 is 0 Å². The molecule has 1 N–H and O–H groups in total. The van der Waals surface area contributed by atoms with Crippen molar-refractivity contribution in [2.75, 3.05) is 0 Å². The summed E-state index contributed by atoms with van der Waals surface area (Å²) in [6.07, 6.45) is 1.30. The van der Waals surface area contributed by atoms with E-state index in [1.165, 1.54) is 10.5 Å². The summed E-state index contributed by atoms with van der Waals surface area (Å²) in [7, 11) is 0. The van der Waals surface area contributed by atoms with E-state index in [1.54, 1.807) is 24.9 Å². The van der Waals surface area contributed by atoms with Crippen molar-refractivity contribution >= 4 is 11.8 Å². The van der Waals surface area contributed by atoms with E-state index < -0.39 is 6.10 Å². The molecule has 1 aromatic heterocycles. The first-order valence-electron chi connectivity index (χ1n) is 5.54. The zero-order valence-electron chi connectivity index (χ0n) is 9.92. The predicted molar refractivity (Wildman–Crippen MR) is 70.2 cm³/mol. The highest BCUT2D eigenvalue weighted by molar-refractivity contribution is 7.99. The van der Waals surface area contributed by atoms with Crippen LogP contribution in [-0.2, 0) is 0 Å². The standard InChI is InChI=1S/C14H15NOS/c1-10-5-3-4-6-14(10)17-12-7-8-13(11(2)16)15-9-12/h3-9,11,16H,1-2H3/t11-/m0/s1. The van der Waals surface area contributed by atoms with E-state index in [2.05, 4.69) is 24.0 Å². The fraction of sp³-hybridized carbons (Fsp3) is 0.214. The molecule has 0 fully saturated rings. The van der Waals surface area contributed by atoms with E-state index in [1.807, 2.05) is 24.3 Å². The van der Waals surface area contributed by atoms with E-state index in [9.17, 15) is 5.11 Å². The molecular formula is C14H15NOS. The molecule has 2 aromatic rings. The Morgan fingerprint density at radius 3 is 2.53 bits per heavy atom. The van der Waals surface area contributed by atoms with Gasteiger partial charge in [0.25, 0.3) is 0 Å². The van der Waals surface area contributed by atoms with E-state index in [0.29, 0.717) is 5.69 Å². The maximum Gasteiger partial charge on any atom is 0.0931 e. The average molecular weight is 245 g/mol. The summed E-state index contributed by atoms with van der Waals surface area (Å²) in [4.78, 5) is 6.56. The van der Waals surface area contributed by atoms with Crippen LogP contribution in [0.3, 0.4) is 0 Å². The van der Waals surface area contributed by atoms with Crippen molar-refractivity contribution in [2.45, 2.75) is 29.7 Å². The molecule has 0 aliphatic heterocycles. The van der Waals surface area contributed by atoms with E-state index in [-0.39, 0.29) is 0 Å². The van der Waals surface area contributed by atoms with Crippen molar-refractivity contribution in [3.8, 4) is 0 Å². The maximum absolute atomic E-state index is 9.38. The lowest BCUT2D eigenvalue weighted by Gasteiger charge is -2.06. The van der Waals surface area contributed by atoms with Crippen molar-refractivity contribution in [3.05, 3.63) is 53.9 Å². The number of nitrogens with zero attached hydrogens (tertiary/aromatic N) is 1. The second-order valence-electron chi connectivity index (χ2n) is 3.96. The van der Waals surface area contributed by atoms with Crippen molar-refractivity contribution in [1.82, 2.24) is 4.98 Å². The van der Waals surface area contributed by atoms with Crippen LogP contribution in [0.4, 0.5) is 0 Å². The number of hydrogen-bond acceptors (Lipinski definition) is 3. The first-order chi connectivity index (χ1) is 8.16. The van der Waals surface area contributed by atoms with E-state index in [4.69, 9.17) is 0 Å². The normalized spacial score (nSPS) is 12.4. The largest absolute Gasteiger partial charge is 0.387 e. The molecular weight excluding hydrogens is 230 g/mol. The van der Waals surface area contributed by atoms with Gasteiger partial charge in [-0.05, 0) is 37.6 Å². The maximum atomic E-state index is 9.38. The molecule has 0 unspecified atom stereocenters. The van der Waals surface area contributed by atoms with Crippen LogP contribution in [0.25, 0.3) is 0 Å². The second kappa shape index (κ2) is 5.34. The van der Waals surface area contributed by atoms with Gasteiger partial charge in [0, 0.05) is 16.0 Å². The van der Waals surface area contributed by atoms with Gasteiger partial charge in [-0.25, -0.2) is 0 Å². The Kier molecular flexibility index (Phi) is 3.82. The Morgan fingerprint density at radius 1 is 1.18 bits per heavy atom. The van der Waals surface area contributed by atoms with Crippen molar-refractivity contribution < 1.29 is 5.11 Å². The van der Waals surface area contributed by atoms with Crippen LogP contribution in [0.2, 0.25) is 0 Å². The third-order valence-electron chi connectivity index (χ3n) is 2.51. The van der Waals surface area contributed by atoms with Gasteiger partial charge in [-0.3, -0.25) is 4.98 Å². The van der Waals surface area contributed by atoms with Gasteiger partial charge in [-0.1, -0.05) is 30.0 Å². The Hall–Kier alpha value is -1.32. The summed E-state index contributed by atoms with van der Waals surface area (Å²) in [5.41, 5.74) is 1.97.